The molecule has 1 fully saturated rings. The Morgan fingerprint density at radius 3 is 2.58 bits per heavy atom. The van der Waals surface area contributed by atoms with E-state index in [0.29, 0.717) is 40.1 Å². The highest BCUT2D eigenvalue weighted by molar-refractivity contribution is 7.13. The van der Waals surface area contributed by atoms with Gasteiger partial charge in [-0.05, 0) is 61.4 Å². The first-order valence-corrected chi connectivity index (χ1v) is 11.1. The lowest BCUT2D eigenvalue weighted by molar-refractivity contribution is 0.0706. The van der Waals surface area contributed by atoms with Gasteiger partial charge in [0.25, 0.3) is 11.8 Å². The molecule has 1 unspecified atom stereocenters. The minimum absolute atomic E-state index is 0.0161. The van der Waals surface area contributed by atoms with Crippen LogP contribution in [0.15, 0.2) is 48.5 Å². The minimum atomic E-state index is -0.312. The van der Waals surface area contributed by atoms with Gasteiger partial charge in [0.15, 0.2) is 0 Å². The van der Waals surface area contributed by atoms with E-state index in [9.17, 15) is 9.59 Å². The number of amides is 2. The second-order valence-corrected chi connectivity index (χ2v) is 8.67. The summed E-state index contributed by atoms with van der Waals surface area (Å²) in [5.41, 5.74) is 1.27. The van der Waals surface area contributed by atoms with Gasteiger partial charge in [-0.15, -0.1) is 10.2 Å². The van der Waals surface area contributed by atoms with E-state index in [4.69, 9.17) is 16.3 Å². The number of methoxy groups -OCH3 is 1. The molecule has 2 aromatic carbocycles. The van der Waals surface area contributed by atoms with Crippen LogP contribution in [0.5, 0.6) is 5.75 Å². The molecular formula is C22H21ClN4O3S. The van der Waals surface area contributed by atoms with Crippen molar-refractivity contribution >= 4 is 40.4 Å². The molecule has 7 nitrogen and oxygen atoms in total. The van der Waals surface area contributed by atoms with E-state index in [0.717, 1.165) is 17.8 Å². The Bertz CT molecular complexity index is 1070. The molecule has 0 spiro atoms. The van der Waals surface area contributed by atoms with E-state index in [2.05, 4.69) is 15.5 Å². The fourth-order valence-corrected chi connectivity index (χ4v) is 4.48. The van der Waals surface area contributed by atoms with E-state index in [1.165, 1.54) is 11.3 Å². The van der Waals surface area contributed by atoms with Gasteiger partial charge in [0.05, 0.1) is 7.11 Å². The zero-order valence-corrected chi connectivity index (χ0v) is 18.4. The molecule has 1 aliphatic heterocycles. The first-order valence-electron chi connectivity index (χ1n) is 9.87. The molecule has 0 aliphatic carbocycles. The van der Waals surface area contributed by atoms with Crippen molar-refractivity contribution in [2.75, 3.05) is 25.5 Å². The Hall–Kier alpha value is -2.97. The van der Waals surface area contributed by atoms with Crippen molar-refractivity contribution in [1.82, 2.24) is 15.1 Å². The molecule has 1 atom stereocenters. The Kier molecular flexibility index (Phi) is 6.48. The molecule has 1 saturated heterocycles. The molecule has 1 N–H and O–H groups in total. The summed E-state index contributed by atoms with van der Waals surface area (Å²) in [4.78, 5) is 27.2. The number of likely N-dealkylation sites (tertiary alicyclic amines) is 1. The highest BCUT2D eigenvalue weighted by atomic mass is 35.5. The number of hydrogen-bond acceptors (Lipinski definition) is 6. The quantitative estimate of drug-likeness (QED) is 0.612. The normalized spacial score (nSPS) is 16.1. The second kappa shape index (κ2) is 9.45. The number of nitrogens with zero attached hydrogens (tertiary/aromatic N) is 3. The molecule has 4 rings (SSSR count). The number of rotatable bonds is 5. The topological polar surface area (TPSA) is 84.4 Å². The fourth-order valence-electron chi connectivity index (χ4n) is 3.49. The van der Waals surface area contributed by atoms with Crippen molar-refractivity contribution in [2.45, 2.75) is 18.8 Å². The number of hydrogen-bond donors (Lipinski definition) is 1. The number of piperidine rings is 1. The van der Waals surface area contributed by atoms with Gasteiger partial charge in [0, 0.05) is 35.3 Å². The third-order valence-electron chi connectivity index (χ3n) is 5.13. The van der Waals surface area contributed by atoms with Crippen LogP contribution >= 0.6 is 22.9 Å². The Labute approximate surface area is 189 Å². The largest absolute Gasteiger partial charge is 0.497 e. The van der Waals surface area contributed by atoms with E-state index < -0.39 is 0 Å². The van der Waals surface area contributed by atoms with Gasteiger partial charge < -0.3 is 15.0 Å². The lowest BCUT2D eigenvalue weighted by Crippen LogP contribution is -2.39. The predicted octanol–water partition coefficient (Wildman–Crippen LogP) is 4.47. The molecule has 0 bridgehead atoms. The minimum Gasteiger partial charge on any atom is -0.497 e. The summed E-state index contributed by atoms with van der Waals surface area (Å²) in [7, 11) is 1.60. The zero-order valence-electron chi connectivity index (χ0n) is 16.9. The second-order valence-electron chi connectivity index (χ2n) is 7.23. The summed E-state index contributed by atoms with van der Waals surface area (Å²) in [5.74, 6) is 0.447. The van der Waals surface area contributed by atoms with Gasteiger partial charge in [-0.3, -0.25) is 9.59 Å². The lowest BCUT2D eigenvalue weighted by Gasteiger charge is -2.31. The maximum atomic E-state index is 12.9. The first kappa shape index (κ1) is 21.3. The van der Waals surface area contributed by atoms with Crippen LogP contribution in [0, 0.1) is 0 Å². The van der Waals surface area contributed by atoms with Crippen molar-refractivity contribution in [3.63, 3.8) is 0 Å². The molecule has 1 aliphatic rings. The van der Waals surface area contributed by atoms with E-state index >= 15 is 0 Å². The highest BCUT2D eigenvalue weighted by Crippen LogP contribution is 2.30. The number of aromatic nitrogens is 2. The van der Waals surface area contributed by atoms with Crippen LogP contribution in [0.4, 0.5) is 5.69 Å². The number of anilines is 1. The third kappa shape index (κ3) is 5.03. The van der Waals surface area contributed by atoms with Gasteiger partial charge >= 0.3 is 0 Å². The van der Waals surface area contributed by atoms with Crippen molar-refractivity contribution in [2.24, 2.45) is 0 Å². The predicted molar refractivity (Wildman–Crippen MR) is 120 cm³/mol. The van der Waals surface area contributed by atoms with Crippen molar-refractivity contribution in [1.29, 1.82) is 0 Å². The van der Waals surface area contributed by atoms with Crippen LogP contribution in [0.25, 0.3) is 0 Å². The lowest BCUT2D eigenvalue weighted by atomic mass is 9.98. The summed E-state index contributed by atoms with van der Waals surface area (Å²) < 4.78 is 5.16. The number of nitrogens with one attached hydrogen (secondary N) is 1. The molecule has 160 valence electrons. The molecule has 0 saturated carbocycles. The summed E-state index contributed by atoms with van der Waals surface area (Å²) in [6, 6.07) is 14.0. The van der Waals surface area contributed by atoms with Gasteiger partial charge in [-0.2, -0.15) is 0 Å². The van der Waals surface area contributed by atoms with Crippen molar-refractivity contribution in [3.8, 4) is 5.75 Å². The van der Waals surface area contributed by atoms with Crippen LogP contribution in [0.3, 0.4) is 0 Å². The number of carbonyl (C=O) groups excluding carboxylic acids is 2. The number of carbonyl (C=O) groups is 2. The Morgan fingerprint density at radius 1 is 1.13 bits per heavy atom. The van der Waals surface area contributed by atoms with Gasteiger partial charge in [-0.1, -0.05) is 22.9 Å². The zero-order chi connectivity index (χ0) is 21.8. The summed E-state index contributed by atoms with van der Waals surface area (Å²) in [6.45, 7) is 1.25. The SMILES string of the molecule is COc1ccc(C(=O)N2CCCC(c3nnc(C(=O)Nc4ccc(Cl)cc4)s3)C2)cc1. The van der Waals surface area contributed by atoms with Crippen LogP contribution in [0.1, 0.15) is 43.9 Å². The molecule has 2 amide bonds. The fraction of sp³-hybridized carbons (Fsp3) is 0.273. The molecule has 1 aromatic heterocycles. The van der Waals surface area contributed by atoms with Crippen LogP contribution in [-0.2, 0) is 0 Å². The molecule has 3 aromatic rings. The monoisotopic (exact) mass is 456 g/mol. The van der Waals surface area contributed by atoms with E-state index in [1.54, 1.807) is 55.6 Å². The summed E-state index contributed by atoms with van der Waals surface area (Å²) in [6.07, 6.45) is 1.78. The molecule has 0 radical (unpaired) electrons. The number of halogens is 1. The number of ether oxygens (including phenoxy) is 1. The van der Waals surface area contributed by atoms with Crippen LogP contribution < -0.4 is 10.1 Å². The maximum Gasteiger partial charge on any atom is 0.286 e. The van der Waals surface area contributed by atoms with Crippen molar-refractivity contribution in [3.05, 3.63) is 69.1 Å². The third-order valence-corrected chi connectivity index (χ3v) is 6.47. The Morgan fingerprint density at radius 2 is 1.87 bits per heavy atom. The summed E-state index contributed by atoms with van der Waals surface area (Å²) in [5, 5.41) is 12.8. The summed E-state index contributed by atoms with van der Waals surface area (Å²) >= 11 is 7.14. The van der Waals surface area contributed by atoms with Crippen molar-refractivity contribution < 1.29 is 14.3 Å². The van der Waals surface area contributed by atoms with Gasteiger partial charge in [0.1, 0.15) is 10.8 Å². The molecular weight excluding hydrogens is 436 g/mol. The first-order chi connectivity index (χ1) is 15.0. The van der Waals surface area contributed by atoms with Crippen LogP contribution in [-0.4, -0.2) is 47.1 Å². The molecule has 2 heterocycles. The average molecular weight is 457 g/mol. The van der Waals surface area contributed by atoms with Crippen LogP contribution in [0.2, 0.25) is 5.02 Å². The maximum absolute atomic E-state index is 12.9. The smallest absolute Gasteiger partial charge is 0.286 e. The van der Waals surface area contributed by atoms with Gasteiger partial charge in [0.2, 0.25) is 5.01 Å². The van der Waals surface area contributed by atoms with Gasteiger partial charge in [-0.25, -0.2) is 0 Å². The Balaban J connectivity index is 1.41. The molecule has 31 heavy (non-hydrogen) atoms. The highest BCUT2D eigenvalue weighted by Gasteiger charge is 2.28. The number of benzene rings is 2. The average Bonchev–Trinajstić information content (AvgIpc) is 3.31. The molecule has 9 heteroatoms. The van der Waals surface area contributed by atoms with E-state index in [1.807, 2.05) is 4.90 Å². The van der Waals surface area contributed by atoms with E-state index in [-0.39, 0.29) is 17.7 Å². The standard InChI is InChI=1S/C22H21ClN4O3S/c1-30-18-10-4-14(5-11-18)22(29)27-12-2-3-15(13-27)20-25-26-21(31-20)19(28)24-17-8-6-16(23)7-9-17/h4-11,15H,2-3,12-13H2,1H3,(H,24,28).